The quantitative estimate of drug-likeness (QED) is 0.820. The van der Waals surface area contributed by atoms with Crippen LogP contribution in [0.4, 0.5) is 0 Å². The van der Waals surface area contributed by atoms with Crippen molar-refractivity contribution in [3.8, 4) is 0 Å². The molecule has 1 saturated carbocycles. The summed E-state index contributed by atoms with van der Waals surface area (Å²) in [5.74, 6) is 0.731. The Labute approximate surface area is 97.4 Å². The lowest BCUT2D eigenvalue weighted by molar-refractivity contribution is 0.227. The first-order valence-electron chi connectivity index (χ1n) is 6.37. The van der Waals surface area contributed by atoms with Crippen LogP contribution in [-0.2, 0) is 13.1 Å². The van der Waals surface area contributed by atoms with Crippen LogP contribution in [0.2, 0.25) is 0 Å². The molecule has 2 atom stereocenters. The van der Waals surface area contributed by atoms with E-state index in [1.807, 2.05) is 0 Å². The van der Waals surface area contributed by atoms with E-state index in [-0.39, 0.29) is 0 Å². The summed E-state index contributed by atoms with van der Waals surface area (Å²) in [6, 6.07) is 9.24. The summed E-state index contributed by atoms with van der Waals surface area (Å²) >= 11 is 0. The van der Waals surface area contributed by atoms with E-state index in [0.717, 1.165) is 19.0 Å². The molecule has 2 N–H and O–H groups in total. The average Bonchev–Trinajstić information content (AvgIpc) is 2.85. The summed E-state index contributed by atoms with van der Waals surface area (Å²) in [5.41, 5.74) is 9.15. The first kappa shape index (κ1) is 10.3. The first-order chi connectivity index (χ1) is 7.83. The van der Waals surface area contributed by atoms with Crippen molar-refractivity contribution in [3.05, 3.63) is 35.4 Å². The zero-order chi connectivity index (χ0) is 11.0. The average molecular weight is 216 g/mol. The van der Waals surface area contributed by atoms with E-state index < -0.39 is 0 Å². The molecule has 2 unspecified atom stereocenters. The molecule has 16 heavy (non-hydrogen) atoms. The normalized spacial score (nSPS) is 29.6. The summed E-state index contributed by atoms with van der Waals surface area (Å²) in [6.45, 7) is 3.44. The minimum Gasteiger partial charge on any atom is -0.327 e. The molecule has 86 valence electrons. The summed E-state index contributed by atoms with van der Waals surface area (Å²) in [5, 5.41) is 0. The van der Waals surface area contributed by atoms with Crippen LogP contribution in [0.1, 0.15) is 30.4 Å². The zero-order valence-corrected chi connectivity index (χ0v) is 9.73. The summed E-state index contributed by atoms with van der Waals surface area (Å²) in [7, 11) is 0. The van der Waals surface area contributed by atoms with E-state index in [4.69, 9.17) is 5.73 Å². The molecule has 0 amide bonds. The predicted octanol–water partition coefficient (Wildman–Crippen LogP) is 2.13. The van der Waals surface area contributed by atoms with E-state index in [2.05, 4.69) is 29.2 Å². The molecule has 3 rings (SSSR count). The van der Waals surface area contributed by atoms with Gasteiger partial charge in [0.2, 0.25) is 0 Å². The third-order valence-corrected chi connectivity index (χ3v) is 4.12. The molecule has 2 aliphatic rings. The number of nitrogens with two attached hydrogens (primary N) is 1. The van der Waals surface area contributed by atoms with Crippen molar-refractivity contribution in [3.63, 3.8) is 0 Å². The Morgan fingerprint density at radius 2 is 1.81 bits per heavy atom. The second kappa shape index (κ2) is 4.19. The topological polar surface area (TPSA) is 29.3 Å². The largest absolute Gasteiger partial charge is 0.327 e. The number of hydrogen-bond acceptors (Lipinski definition) is 2. The molecule has 0 spiro atoms. The van der Waals surface area contributed by atoms with Crippen LogP contribution in [0.5, 0.6) is 0 Å². The minimum absolute atomic E-state index is 0.448. The third-order valence-electron chi connectivity index (χ3n) is 4.12. The fourth-order valence-corrected chi connectivity index (χ4v) is 3.16. The molecule has 0 aromatic heterocycles. The van der Waals surface area contributed by atoms with E-state index in [1.165, 1.54) is 36.9 Å². The second-order valence-corrected chi connectivity index (χ2v) is 5.29. The Hall–Kier alpha value is -0.860. The van der Waals surface area contributed by atoms with Gasteiger partial charge in [-0.25, -0.2) is 0 Å². The number of fused-ring (bicyclic) bond motifs is 1. The van der Waals surface area contributed by atoms with Gasteiger partial charge in [0.15, 0.2) is 0 Å². The van der Waals surface area contributed by atoms with Gasteiger partial charge in [-0.05, 0) is 29.9 Å². The molecule has 1 fully saturated rings. The lowest BCUT2D eigenvalue weighted by atomic mass is 10.0. The van der Waals surface area contributed by atoms with Crippen molar-refractivity contribution >= 4 is 0 Å². The maximum Gasteiger partial charge on any atom is 0.0240 e. The number of rotatable bonds is 2. The van der Waals surface area contributed by atoms with Crippen LogP contribution in [0.3, 0.4) is 0 Å². The summed E-state index contributed by atoms with van der Waals surface area (Å²) < 4.78 is 0. The second-order valence-electron chi connectivity index (χ2n) is 5.29. The van der Waals surface area contributed by atoms with E-state index in [9.17, 15) is 0 Å². The monoisotopic (exact) mass is 216 g/mol. The van der Waals surface area contributed by atoms with E-state index in [0.29, 0.717) is 6.04 Å². The number of hydrogen-bond donors (Lipinski definition) is 1. The summed E-state index contributed by atoms with van der Waals surface area (Å²) in [4.78, 5) is 2.56. The van der Waals surface area contributed by atoms with Gasteiger partial charge in [-0.2, -0.15) is 0 Å². The Morgan fingerprint density at radius 1 is 1.12 bits per heavy atom. The first-order valence-corrected chi connectivity index (χ1v) is 6.37. The fraction of sp³-hybridized carbons (Fsp3) is 0.571. The van der Waals surface area contributed by atoms with Crippen molar-refractivity contribution in [2.45, 2.75) is 38.4 Å². The lowest BCUT2D eigenvalue weighted by Crippen LogP contribution is -2.33. The molecule has 1 aliphatic carbocycles. The molecule has 2 nitrogen and oxygen atoms in total. The van der Waals surface area contributed by atoms with Gasteiger partial charge in [0, 0.05) is 25.7 Å². The standard InChI is InChI=1S/C14H20N2/c15-14-7-3-6-13(14)10-16-8-11-4-1-2-5-12(11)9-16/h1-2,4-5,13-14H,3,6-10,15H2. The Balaban J connectivity index is 1.63. The van der Waals surface area contributed by atoms with E-state index in [1.54, 1.807) is 0 Å². The molecular weight excluding hydrogens is 196 g/mol. The minimum atomic E-state index is 0.448. The van der Waals surface area contributed by atoms with Crippen LogP contribution < -0.4 is 5.73 Å². The molecule has 1 aliphatic heterocycles. The maximum absolute atomic E-state index is 6.14. The van der Waals surface area contributed by atoms with Crippen LogP contribution in [0, 0.1) is 5.92 Å². The highest BCUT2D eigenvalue weighted by atomic mass is 15.1. The SMILES string of the molecule is NC1CCCC1CN1Cc2ccccc2C1. The fourth-order valence-electron chi connectivity index (χ4n) is 3.16. The van der Waals surface area contributed by atoms with Crippen molar-refractivity contribution < 1.29 is 0 Å². The maximum atomic E-state index is 6.14. The Morgan fingerprint density at radius 3 is 2.38 bits per heavy atom. The van der Waals surface area contributed by atoms with Gasteiger partial charge in [0.1, 0.15) is 0 Å². The smallest absolute Gasteiger partial charge is 0.0240 e. The number of benzene rings is 1. The zero-order valence-electron chi connectivity index (χ0n) is 9.73. The molecular formula is C14H20N2. The van der Waals surface area contributed by atoms with Gasteiger partial charge >= 0.3 is 0 Å². The molecule has 0 bridgehead atoms. The highest BCUT2D eigenvalue weighted by Gasteiger charge is 2.28. The van der Waals surface area contributed by atoms with Crippen LogP contribution in [0.15, 0.2) is 24.3 Å². The van der Waals surface area contributed by atoms with Gasteiger partial charge in [-0.3, -0.25) is 4.90 Å². The van der Waals surface area contributed by atoms with Gasteiger partial charge < -0.3 is 5.73 Å². The molecule has 2 heteroatoms. The summed E-state index contributed by atoms with van der Waals surface area (Å²) in [6.07, 6.45) is 3.88. The lowest BCUT2D eigenvalue weighted by Gasteiger charge is -2.22. The van der Waals surface area contributed by atoms with Gasteiger partial charge in [0.25, 0.3) is 0 Å². The highest BCUT2D eigenvalue weighted by molar-refractivity contribution is 5.30. The predicted molar refractivity (Wildman–Crippen MR) is 65.9 cm³/mol. The highest BCUT2D eigenvalue weighted by Crippen LogP contribution is 2.29. The Bertz CT molecular complexity index is 350. The van der Waals surface area contributed by atoms with E-state index >= 15 is 0 Å². The molecule has 0 radical (unpaired) electrons. The van der Waals surface area contributed by atoms with Gasteiger partial charge in [-0.15, -0.1) is 0 Å². The van der Waals surface area contributed by atoms with Crippen molar-refractivity contribution in [1.82, 2.24) is 4.90 Å². The van der Waals surface area contributed by atoms with Crippen LogP contribution in [-0.4, -0.2) is 17.5 Å². The van der Waals surface area contributed by atoms with Crippen LogP contribution in [0.25, 0.3) is 0 Å². The van der Waals surface area contributed by atoms with Crippen molar-refractivity contribution in [2.24, 2.45) is 11.7 Å². The van der Waals surface area contributed by atoms with Crippen molar-refractivity contribution in [1.29, 1.82) is 0 Å². The Kier molecular flexibility index (Phi) is 2.70. The van der Waals surface area contributed by atoms with Crippen molar-refractivity contribution in [2.75, 3.05) is 6.54 Å². The van der Waals surface area contributed by atoms with Gasteiger partial charge in [0.05, 0.1) is 0 Å². The molecule has 0 saturated heterocycles. The molecule has 1 aromatic rings. The third kappa shape index (κ3) is 1.87. The number of nitrogens with zero attached hydrogens (tertiary/aromatic N) is 1. The van der Waals surface area contributed by atoms with Crippen LogP contribution >= 0.6 is 0 Å². The molecule has 1 aromatic carbocycles. The molecule has 1 heterocycles. The van der Waals surface area contributed by atoms with Gasteiger partial charge in [-0.1, -0.05) is 30.7 Å².